The second-order valence-electron chi connectivity index (χ2n) is 6.01. The van der Waals surface area contributed by atoms with Crippen molar-refractivity contribution < 1.29 is 18.7 Å². The summed E-state index contributed by atoms with van der Waals surface area (Å²) in [5.74, 6) is -1.31. The third-order valence-electron chi connectivity index (χ3n) is 3.84. The van der Waals surface area contributed by atoms with Crippen LogP contribution < -0.4 is 10.2 Å². The molecule has 140 valence electrons. The molecule has 0 heterocycles. The average molecular weight is 376 g/mol. The van der Waals surface area contributed by atoms with Crippen LogP contribution in [0.2, 0.25) is 0 Å². The molecule has 1 amide bonds. The number of carbonyl (C=O) groups is 2. The molecular formula is C22H17FN2O3. The van der Waals surface area contributed by atoms with Crippen molar-refractivity contribution >= 4 is 18.1 Å². The fraction of sp³-hybridized carbons (Fsp3) is 0.0455. The Bertz CT molecular complexity index is 1030. The van der Waals surface area contributed by atoms with E-state index in [-0.39, 0.29) is 5.56 Å². The molecule has 3 aromatic carbocycles. The van der Waals surface area contributed by atoms with Crippen LogP contribution in [0.15, 0.2) is 77.9 Å². The lowest BCUT2D eigenvalue weighted by Gasteiger charge is -2.05. The first-order chi connectivity index (χ1) is 13.5. The second kappa shape index (κ2) is 8.73. The van der Waals surface area contributed by atoms with Crippen LogP contribution in [0.5, 0.6) is 5.75 Å². The highest BCUT2D eigenvalue weighted by Gasteiger charge is 2.10. The van der Waals surface area contributed by atoms with Crippen molar-refractivity contribution in [3.05, 3.63) is 101 Å². The first-order valence-electron chi connectivity index (χ1n) is 8.50. The maximum absolute atomic E-state index is 13.5. The highest BCUT2D eigenvalue weighted by Crippen LogP contribution is 2.14. The van der Waals surface area contributed by atoms with Crippen LogP contribution >= 0.6 is 0 Å². The molecular weight excluding hydrogens is 359 g/mol. The van der Waals surface area contributed by atoms with Crippen molar-refractivity contribution in [3.63, 3.8) is 0 Å². The van der Waals surface area contributed by atoms with Crippen LogP contribution in [-0.4, -0.2) is 18.1 Å². The fourth-order valence-corrected chi connectivity index (χ4v) is 2.43. The minimum atomic E-state index is -0.641. The van der Waals surface area contributed by atoms with E-state index in [1.807, 2.05) is 13.0 Å². The minimum absolute atomic E-state index is 0.0851. The van der Waals surface area contributed by atoms with Gasteiger partial charge in [-0.15, -0.1) is 0 Å². The summed E-state index contributed by atoms with van der Waals surface area (Å²) in [6, 6.07) is 19.4. The molecule has 0 saturated heterocycles. The van der Waals surface area contributed by atoms with Gasteiger partial charge >= 0.3 is 5.97 Å². The lowest BCUT2D eigenvalue weighted by molar-refractivity contribution is 0.0734. The molecule has 3 rings (SSSR count). The van der Waals surface area contributed by atoms with E-state index >= 15 is 0 Å². The number of nitrogens with zero attached hydrogens (tertiary/aromatic N) is 1. The zero-order valence-corrected chi connectivity index (χ0v) is 15.1. The maximum atomic E-state index is 13.5. The van der Waals surface area contributed by atoms with E-state index in [4.69, 9.17) is 4.74 Å². The predicted molar refractivity (Wildman–Crippen MR) is 104 cm³/mol. The van der Waals surface area contributed by atoms with Crippen LogP contribution in [0.25, 0.3) is 0 Å². The first kappa shape index (κ1) is 19.0. The number of benzene rings is 3. The third-order valence-corrected chi connectivity index (χ3v) is 3.84. The summed E-state index contributed by atoms with van der Waals surface area (Å²) < 4.78 is 18.9. The molecule has 28 heavy (non-hydrogen) atoms. The van der Waals surface area contributed by atoms with Gasteiger partial charge in [0.2, 0.25) is 0 Å². The number of hydrogen-bond acceptors (Lipinski definition) is 4. The molecule has 0 aliphatic heterocycles. The summed E-state index contributed by atoms with van der Waals surface area (Å²) in [5, 5.41) is 3.81. The standard InChI is InChI=1S/C22H17FN2O3/c1-15-5-4-6-17(13-15)22(27)28-18-11-9-16(10-12-18)14-24-25-21(26)19-7-2-3-8-20(19)23/h2-14H,1H3,(H,25,26). The summed E-state index contributed by atoms with van der Waals surface area (Å²) in [4.78, 5) is 24.0. The van der Waals surface area contributed by atoms with E-state index in [1.165, 1.54) is 24.4 Å². The topological polar surface area (TPSA) is 67.8 Å². The van der Waals surface area contributed by atoms with Gasteiger partial charge in [0.15, 0.2) is 0 Å². The monoisotopic (exact) mass is 376 g/mol. The van der Waals surface area contributed by atoms with Crippen molar-refractivity contribution in [1.82, 2.24) is 5.43 Å². The SMILES string of the molecule is Cc1cccc(C(=O)Oc2ccc(C=NNC(=O)c3ccccc3F)cc2)c1. The Labute approximate surface area is 161 Å². The van der Waals surface area contributed by atoms with Crippen molar-refractivity contribution in [1.29, 1.82) is 0 Å². The Morgan fingerprint density at radius 2 is 1.75 bits per heavy atom. The Kier molecular flexibility index (Phi) is 5.91. The van der Waals surface area contributed by atoms with E-state index in [2.05, 4.69) is 10.5 Å². The number of halogens is 1. The van der Waals surface area contributed by atoms with Gasteiger partial charge < -0.3 is 4.74 Å². The number of rotatable bonds is 5. The number of hydrazone groups is 1. The van der Waals surface area contributed by atoms with Gasteiger partial charge in [0.05, 0.1) is 17.3 Å². The van der Waals surface area contributed by atoms with Crippen molar-refractivity contribution in [2.45, 2.75) is 6.92 Å². The Morgan fingerprint density at radius 1 is 1.00 bits per heavy atom. The molecule has 3 aromatic rings. The number of esters is 1. The lowest BCUT2D eigenvalue weighted by Crippen LogP contribution is -2.18. The van der Waals surface area contributed by atoms with Gasteiger partial charge in [-0.05, 0) is 61.0 Å². The number of carbonyl (C=O) groups excluding carboxylic acids is 2. The molecule has 0 aromatic heterocycles. The zero-order valence-electron chi connectivity index (χ0n) is 15.1. The average Bonchev–Trinajstić information content (AvgIpc) is 2.69. The van der Waals surface area contributed by atoms with Crippen molar-refractivity contribution in [2.24, 2.45) is 5.10 Å². The Balaban J connectivity index is 1.58. The molecule has 0 unspecified atom stereocenters. The summed E-state index contributed by atoms with van der Waals surface area (Å²) in [5.41, 5.74) is 4.30. The highest BCUT2D eigenvalue weighted by molar-refractivity contribution is 5.95. The number of nitrogens with one attached hydrogen (secondary N) is 1. The number of aryl methyl sites for hydroxylation is 1. The summed E-state index contributed by atoms with van der Waals surface area (Å²) in [7, 11) is 0. The van der Waals surface area contributed by atoms with Crippen LogP contribution in [0.3, 0.4) is 0 Å². The fourth-order valence-electron chi connectivity index (χ4n) is 2.43. The minimum Gasteiger partial charge on any atom is -0.423 e. The van der Waals surface area contributed by atoms with Crippen LogP contribution in [0.1, 0.15) is 31.8 Å². The molecule has 6 heteroatoms. The van der Waals surface area contributed by atoms with Gasteiger partial charge in [0, 0.05) is 0 Å². The van der Waals surface area contributed by atoms with Crippen LogP contribution in [0.4, 0.5) is 4.39 Å². The highest BCUT2D eigenvalue weighted by atomic mass is 19.1. The smallest absolute Gasteiger partial charge is 0.343 e. The summed E-state index contributed by atoms with van der Waals surface area (Å²) in [6.45, 7) is 1.90. The molecule has 0 aliphatic rings. The Morgan fingerprint density at radius 3 is 2.46 bits per heavy atom. The predicted octanol–water partition coefficient (Wildman–Crippen LogP) is 4.12. The zero-order chi connectivity index (χ0) is 19.9. The maximum Gasteiger partial charge on any atom is 0.343 e. The molecule has 0 radical (unpaired) electrons. The van der Waals surface area contributed by atoms with Gasteiger partial charge in [-0.2, -0.15) is 5.10 Å². The molecule has 1 N–H and O–H groups in total. The van der Waals surface area contributed by atoms with E-state index in [9.17, 15) is 14.0 Å². The number of amides is 1. The lowest BCUT2D eigenvalue weighted by atomic mass is 10.1. The van der Waals surface area contributed by atoms with E-state index < -0.39 is 17.7 Å². The van der Waals surface area contributed by atoms with E-state index in [0.717, 1.165) is 5.56 Å². The molecule has 0 bridgehead atoms. The van der Waals surface area contributed by atoms with Gasteiger partial charge in [-0.25, -0.2) is 14.6 Å². The Hall–Kier alpha value is -3.80. The number of ether oxygens (including phenoxy) is 1. The van der Waals surface area contributed by atoms with Gasteiger partial charge in [-0.3, -0.25) is 4.79 Å². The molecule has 0 atom stereocenters. The normalized spacial score (nSPS) is 10.6. The summed E-state index contributed by atoms with van der Waals surface area (Å²) in [6.07, 6.45) is 1.41. The molecule has 0 spiro atoms. The molecule has 0 aliphatic carbocycles. The van der Waals surface area contributed by atoms with E-state index in [1.54, 1.807) is 48.5 Å². The first-order valence-corrected chi connectivity index (χ1v) is 8.50. The molecule has 5 nitrogen and oxygen atoms in total. The van der Waals surface area contributed by atoms with E-state index in [0.29, 0.717) is 16.9 Å². The van der Waals surface area contributed by atoms with Crippen LogP contribution in [0, 0.1) is 12.7 Å². The quantitative estimate of drug-likeness (QED) is 0.315. The third kappa shape index (κ3) is 4.88. The van der Waals surface area contributed by atoms with Crippen LogP contribution in [-0.2, 0) is 0 Å². The van der Waals surface area contributed by atoms with Crippen molar-refractivity contribution in [2.75, 3.05) is 0 Å². The molecule has 0 fully saturated rings. The summed E-state index contributed by atoms with van der Waals surface area (Å²) >= 11 is 0. The molecule has 0 saturated carbocycles. The largest absolute Gasteiger partial charge is 0.423 e. The van der Waals surface area contributed by atoms with Gasteiger partial charge in [0.1, 0.15) is 11.6 Å². The van der Waals surface area contributed by atoms with Gasteiger partial charge in [0.25, 0.3) is 5.91 Å². The second-order valence-corrected chi connectivity index (χ2v) is 6.01. The number of hydrogen-bond donors (Lipinski definition) is 1. The van der Waals surface area contributed by atoms with Crippen molar-refractivity contribution in [3.8, 4) is 5.75 Å². The van der Waals surface area contributed by atoms with Gasteiger partial charge in [-0.1, -0.05) is 29.8 Å².